The number of nitrogens with zero attached hydrogens (tertiary/aromatic N) is 1. The van der Waals surface area contributed by atoms with Crippen molar-refractivity contribution in [2.45, 2.75) is 0 Å². The number of carboxylic acid groups (broad SMARTS) is 1. The van der Waals surface area contributed by atoms with Crippen LogP contribution in [0.25, 0.3) is 0 Å². The Bertz CT molecular complexity index is 398. The number of benzene rings is 1. The first-order valence-corrected chi connectivity index (χ1v) is 4.58. The number of nitriles is 1. The quantitative estimate of drug-likeness (QED) is 0.863. The fourth-order valence-corrected chi connectivity index (χ4v) is 1.23. The molecule has 0 bridgehead atoms. The summed E-state index contributed by atoms with van der Waals surface area (Å²) in [5.74, 6) is -0.938. The molecule has 0 aromatic heterocycles. The lowest BCUT2D eigenvalue weighted by Gasteiger charge is -2.03. The number of anilines is 1. The molecule has 1 aromatic carbocycles. The van der Waals surface area contributed by atoms with Gasteiger partial charge in [-0.05, 0) is 34.1 Å². The second kappa shape index (κ2) is 4.63. The van der Waals surface area contributed by atoms with Crippen molar-refractivity contribution in [3.8, 4) is 6.07 Å². The monoisotopic (exact) mass is 254 g/mol. The molecule has 2 N–H and O–H groups in total. The van der Waals surface area contributed by atoms with E-state index in [0.29, 0.717) is 15.7 Å². The zero-order chi connectivity index (χ0) is 10.6. The molecule has 0 aliphatic carbocycles. The molecule has 0 unspecified atom stereocenters. The van der Waals surface area contributed by atoms with E-state index in [1.165, 1.54) is 0 Å². The molecule has 0 aliphatic rings. The lowest BCUT2D eigenvalue weighted by molar-refractivity contribution is -0.134. The van der Waals surface area contributed by atoms with E-state index in [4.69, 9.17) is 10.4 Å². The molecule has 72 valence electrons. The highest BCUT2D eigenvalue weighted by Gasteiger charge is 2.01. The summed E-state index contributed by atoms with van der Waals surface area (Å²) in [5.41, 5.74) is 1.09. The van der Waals surface area contributed by atoms with E-state index < -0.39 is 5.97 Å². The van der Waals surface area contributed by atoms with Gasteiger partial charge >= 0.3 is 5.97 Å². The van der Waals surface area contributed by atoms with Crippen LogP contribution in [0.4, 0.5) is 5.69 Å². The van der Waals surface area contributed by atoms with Gasteiger partial charge in [-0.3, -0.25) is 4.79 Å². The summed E-state index contributed by atoms with van der Waals surface area (Å²) < 4.78 is 0.695. The summed E-state index contributed by atoms with van der Waals surface area (Å²) in [5, 5.41) is 19.8. The van der Waals surface area contributed by atoms with Crippen LogP contribution >= 0.6 is 15.9 Å². The summed E-state index contributed by atoms with van der Waals surface area (Å²) in [7, 11) is 0. The van der Waals surface area contributed by atoms with Crippen LogP contribution < -0.4 is 5.32 Å². The molecule has 0 saturated heterocycles. The smallest absolute Gasteiger partial charge is 0.322 e. The molecule has 4 nitrogen and oxygen atoms in total. The van der Waals surface area contributed by atoms with Crippen molar-refractivity contribution in [3.05, 3.63) is 28.2 Å². The van der Waals surface area contributed by atoms with E-state index in [9.17, 15) is 4.79 Å². The van der Waals surface area contributed by atoms with Gasteiger partial charge in [0.25, 0.3) is 0 Å². The SMILES string of the molecule is N#Cc1cc(NCC(=O)O)ccc1Br. The second-order valence-corrected chi connectivity index (χ2v) is 3.41. The van der Waals surface area contributed by atoms with Crippen molar-refractivity contribution in [2.75, 3.05) is 11.9 Å². The van der Waals surface area contributed by atoms with Crippen molar-refractivity contribution in [3.63, 3.8) is 0 Å². The standard InChI is InChI=1S/C9H7BrN2O2/c10-8-2-1-7(3-6(8)4-11)12-5-9(13)14/h1-3,12H,5H2,(H,13,14). The highest BCUT2D eigenvalue weighted by molar-refractivity contribution is 9.10. The number of rotatable bonds is 3. The average molecular weight is 255 g/mol. The predicted octanol–water partition coefficient (Wildman–Crippen LogP) is 1.82. The lowest BCUT2D eigenvalue weighted by Crippen LogP contribution is -2.12. The van der Waals surface area contributed by atoms with Gasteiger partial charge in [-0.25, -0.2) is 0 Å². The van der Waals surface area contributed by atoms with Gasteiger partial charge in [0.15, 0.2) is 0 Å². The van der Waals surface area contributed by atoms with E-state index in [-0.39, 0.29) is 6.54 Å². The van der Waals surface area contributed by atoms with Crippen molar-refractivity contribution >= 4 is 27.6 Å². The Balaban J connectivity index is 2.80. The van der Waals surface area contributed by atoms with Crippen LogP contribution in [-0.4, -0.2) is 17.6 Å². The Kier molecular flexibility index (Phi) is 3.48. The van der Waals surface area contributed by atoms with Crippen LogP contribution in [0, 0.1) is 11.3 Å². The van der Waals surface area contributed by atoms with E-state index in [0.717, 1.165) is 0 Å². The van der Waals surface area contributed by atoms with Gasteiger partial charge in [0.1, 0.15) is 12.6 Å². The van der Waals surface area contributed by atoms with E-state index in [2.05, 4.69) is 21.2 Å². The van der Waals surface area contributed by atoms with E-state index in [1.54, 1.807) is 18.2 Å². The minimum absolute atomic E-state index is 0.160. The lowest BCUT2D eigenvalue weighted by atomic mass is 10.2. The molecule has 0 fully saturated rings. The molecule has 14 heavy (non-hydrogen) atoms. The predicted molar refractivity (Wildman–Crippen MR) is 55.0 cm³/mol. The number of halogens is 1. The van der Waals surface area contributed by atoms with E-state index in [1.807, 2.05) is 6.07 Å². The minimum atomic E-state index is -0.938. The van der Waals surface area contributed by atoms with Crippen LogP contribution in [0.1, 0.15) is 5.56 Å². The Morgan fingerprint density at radius 3 is 2.93 bits per heavy atom. The molecule has 0 saturated carbocycles. The first-order valence-electron chi connectivity index (χ1n) is 3.79. The molecular weight excluding hydrogens is 248 g/mol. The van der Waals surface area contributed by atoms with Gasteiger partial charge in [-0.2, -0.15) is 5.26 Å². The Morgan fingerprint density at radius 2 is 2.36 bits per heavy atom. The maximum atomic E-state index is 10.3. The Hall–Kier alpha value is -1.54. The fraction of sp³-hybridized carbons (Fsp3) is 0.111. The number of hydrogen-bond acceptors (Lipinski definition) is 3. The van der Waals surface area contributed by atoms with Crippen molar-refractivity contribution < 1.29 is 9.90 Å². The van der Waals surface area contributed by atoms with E-state index >= 15 is 0 Å². The average Bonchev–Trinajstić information content (AvgIpc) is 2.16. The summed E-state index contributed by atoms with van der Waals surface area (Å²) >= 11 is 3.20. The molecule has 0 heterocycles. The highest BCUT2D eigenvalue weighted by Crippen LogP contribution is 2.19. The number of aliphatic carboxylic acids is 1. The maximum absolute atomic E-state index is 10.3. The molecule has 0 atom stereocenters. The van der Waals surface area contributed by atoms with Crippen LogP contribution in [0.2, 0.25) is 0 Å². The highest BCUT2D eigenvalue weighted by atomic mass is 79.9. The van der Waals surface area contributed by atoms with Crippen LogP contribution in [-0.2, 0) is 4.79 Å². The third kappa shape index (κ3) is 2.75. The molecule has 1 aromatic rings. The molecule has 0 spiro atoms. The number of nitrogens with one attached hydrogen (secondary N) is 1. The van der Waals surface area contributed by atoms with Gasteiger partial charge in [0, 0.05) is 10.2 Å². The first kappa shape index (κ1) is 10.5. The second-order valence-electron chi connectivity index (χ2n) is 2.55. The zero-order valence-electron chi connectivity index (χ0n) is 7.12. The number of carboxylic acids is 1. The van der Waals surface area contributed by atoms with Crippen LogP contribution in [0.5, 0.6) is 0 Å². The summed E-state index contributed by atoms with van der Waals surface area (Å²) in [6.45, 7) is -0.160. The largest absolute Gasteiger partial charge is 0.480 e. The number of carbonyl (C=O) groups is 1. The topological polar surface area (TPSA) is 73.1 Å². The van der Waals surface area contributed by atoms with Gasteiger partial charge in [0.05, 0.1) is 5.56 Å². The van der Waals surface area contributed by atoms with Crippen LogP contribution in [0.3, 0.4) is 0 Å². The van der Waals surface area contributed by atoms with Crippen molar-refractivity contribution in [2.24, 2.45) is 0 Å². The normalized spacial score (nSPS) is 9.14. The zero-order valence-corrected chi connectivity index (χ0v) is 8.71. The van der Waals surface area contributed by atoms with Crippen molar-refractivity contribution in [1.29, 1.82) is 5.26 Å². The molecular formula is C9H7BrN2O2. The van der Waals surface area contributed by atoms with Gasteiger partial charge < -0.3 is 10.4 Å². The summed E-state index contributed by atoms with van der Waals surface area (Å²) in [4.78, 5) is 10.3. The molecule has 0 radical (unpaired) electrons. The van der Waals surface area contributed by atoms with Crippen LogP contribution in [0.15, 0.2) is 22.7 Å². The Morgan fingerprint density at radius 1 is 1.64 bits per heavy atom. The third-order valence-electron chi connectivity index (χ3n) is 1.53. The summed E-state index contributed by atoms with van der Waals surface area (Å²) in [6, 6.07) is 6.98. The molecule has 1 rings (SSSR count). The van der Waals surface area contributed by atoms with Gasteiger partial charge in [0.2, 0.25) is 0 Å². The van der Waals surface area contributed by atoms with Crippen molar-refractivity contribution in [1.82, 2.24) is 0 Å². The Labute approximate surface area is 89.3 Å². The molecule has 0 amide bonds. The first-order chi connectivity index (χ1) is 6.63. The fourth-order valence-electron chi connectivity index (χ4n) is 0.899. The molecule has 5 heteroatoms. The third-order valence-corrected chi connectivity index (χ3v) is 2.22. The van der Waals surface area contributed by atoms with Gasteiger partial charge in [-0.1, -0.05) is 0 Å². The number of hydrogen-bond donors (Lipinski definition) is 2. The summed E-state index contributed by atoms with van der Waals surface area (Å²) in [6.07, 6.45) is 0. The molecule has 0 aliphatic heterocycles. The minimum Gasteiger partial charge on any atom is -0.480 e. The van der Waals surface area contributed by atoms with Gasteiger partial charge in [-0.15, -0.1) is 0 Å². The maximum Gasteiger partial charge on any atom is 0.322 e.